The number of nitrogens with two attached hydrogens (primary N) is 1. The molecule has 4 rings (SSSR count). The molecule has 1 aliphatic rings. The SMILES string of the molecule is CC(C)(C)N(C(=O)O)C1(c2ccc(-c3[nH]c(=O)c(C(N)=O)cc3-c3ccccc3)cc2)CCC1. The average molecular weight is 460 g/mol. The normalized spacial score (nSPS) is 14.8. The number of primary amides is 1. The first-order chi connectivity index (χ1) is 16.0. The van der Waals surface area contributed by atoms with E-state index in [9.17, 15) is 19.5 Å². The van der Waals surface area contributed by atoms with Gasteiger partial charge >= 0.3 is 6.09 Å². The standard InChI is InChI=1S/C27H29N3O4/c1-26(2,3)30(25(33)34)27(14-7-15-27)19-12-10-18(11-13-19)22-20(17-8-5-4-6-9-17)16-21(23(28)31)24(32)29-22/h4-6,8-13,16H,7,14-15H2,1-3H3,(H2,28,31)(H,29,32)(H,33,34). The number of amides is 2. The van der Waals surface area contributed by atoms with Crippen LogP contribution in [0.3, 0.4) is 0 Å². The van der Waals surface area contributed by atoms with Gasteiger partial charge in [-0.2, -0.15) is 0 Å². The van der Waals surface area contributed by atoms with Gasteiger partial charge in [-0.05, 0) is 62.8 Å². The molecule has 1 aliphatic carbocycles. The van der Waals surface area contributed by atoms with E-state index in [1.807, 2.05) is 75.4 Å². The van der Waals surface area contributed by atoms with Gasteiger partial charge in [0.25, 0.3) is 11.5 Å². The van der Waals surface area contributed by atoms with Gasteiger partial charge in [-0.1, -0.05) is 54.6 Å². The third kappa shape index (κ3) is 3.98. The van der Waals surface area contributed by atoms with Gasteiger partial charge in [0.05, 0.1) is 11.2 Å². The lowest BCUT2D eigenvalue weighted by Gasteiger charge is -2.54. The van der Waals surface area contributed by atoms with E-state index in [4.69, 9.17) is 5.73 Å². The summed E-state index contributed by atoms with van der Waals surface area (Å²) in [5, 5.41) is 10.0. The van der Waals surface area contributed by atoms with Gasteiger partial charge in [0.2, 0.25) is 0 Å². The van der Waals surface area contributed by atoms with E-state index >= 15 is 0 Å². The predicted octanol–water partition coefficient (Wildman–Crippen LogP) is 4.97. The van der Waals surface area contributed by atoms with Crippen molar-refractivity contribution in [1.82, 2.24) is 9.88 Å². The van der Waals surface area contributed by atoms with Crippen molar-refractivity contribution in [1.29, 1.82) is 0 Å². The number of nitrogens with one attached hydrogen (secondary N) is 1. The van der Waals surface area contributed by atoms with Crippen molar-refractivity contribution in [3.8, 4) is 22.4 Å². The average Bonchev–Trinajstić information content (AvgIpc) is 2.75. The number of hydrogen-bond donors (Lipinski definition) is 3. The molecule has 1 heterocycles. The molecule has 1 fully saturated rings. The Balaban J connectivity index is 1.82. The van der Waals surface area contributed by atoms with Crippen molar-refractivity contribution in [3.63, 3.8) is 0 Å². The molecule has 7 nitrogen and oxygen atoms in total. The minimum absolute atomic E-state index is 0.102. The second kappa shape index (κ2) is 8.48. The molecular weight excluding hydrogens is 430 g/mol. The van der Waals surface area contributed by atoms with Crippen molar-refractivity contribution in [2.45, 2.75) is 51.1 Å². The van der Waals surface area contributed by atoms with Crippen LogP contribution >= 0.6 is 0 Å². The Labute approximate surface area is 198 Å². The summed E-state index contributed by atoms with van der Waals surface area (Å²) >= 11 is 0. The van der Waals surface area contributed by atoms with Crippen molar-refractivity contribution >= 4 is 12.0 Å². The van der Waals surface area contributed by atoms with Crippen molar-refractivity contribution in [2.24, 2.45) is 5.73 Å². The topological polar surface area (TPSA) is 116 Å². The number of nitrogens with zero attached hydrogens (tertiary/aromatic N) is 1. The number of carbonyl (C=O) groups excluding carboxylic acids is 1. The first-order valence-corrected chi connectivity index (χ1v) is 11.3. The quantitative estimate of drug-likeness (QED) is 0.500. The lowest BCUT2D eigenvalue weighted by Crippen LogP contribution is -2.60. The first-order valence-electron chi connectivity index (χ1n) is 11.3. The van der Waals surface area contributed by atoms with Gasteiger partial charge < -0.3 is 15.8 Å². The predicted molar refractivity (Wildman–Crippen MR) is 132 cm³/mol. The molecule has 0 spiro atoms. The Morgan fingerprint density at radius 1 is 1.00 bits per heavy atom. The molecule has 34 heavy (non-hydrogen) atoms. The van der Waals surface area contributed by atoms with E-state index < -0.39 is 28.6 Å². The maximum atomic E-state index is 12.6. The van der Waals surface area contributed by atoms with Crippen molar-refractivity contribution in [2.75, 3.05) is 0 Å². The number of aromatic amines is 1. The van der Waals surface area contributed by atoms with E-state index in [2.05, 4.69) is 4.98 Å². The van der Waals surface area contributed by atoms with Crippen LogP contribution < -0.4 is 11.3 Å². The van der Waals surface area contributed by atoms with Crippen LogP contribution in [0.5, 0.6) is 0 Å². The fraction of sp³-hybridized carbons (Fsp3) is 0.296. The van der Waals surface area contributed by atoms with Crippen LogP contribution in [-0.4, -0.2) is 32.5 Å². The molecule has 1 saturated carbocycles. The Bertz CT molecular complexity index is 1280. The van der Waals surface area contributed by atoms with E-state index in [1.165, 1.54) is 6.07 Å². The fourth-order valence-electron chi connectivity index (χ4n) is 5.00. The lowest BCUT2D eigenvalue weighted by atomic mass is 9.69. The molecule has 7 heteroatoms. The van der Waals surface area contributed by atoms with Gasteiger partial charge in [0.15, 0.2) is 0 Å². The van der Waals surface area contributed by atoms with Crippen LogP contribution in [0.25, 0.3) is 22.4 Å². The zero-order valence-corrected chi connectivity index (χ0v) is 19.6. The fourth-order valence-corrected chi connectivity index (χ4v) is 5.00. The second-order valence-corrected chi connectivity index (χ2v) is 9.78. The van der Waals surface area contributed by atoms with Crippen LogP contribution in [-0.2, 0) is 5.54 Å². The Hall–Kier alpha value is -3.87. The van der Waals surface area contributed by atoms with E-state index in [1.54, 1.807) is 4.90 Å². The van der Waals surface area contributed by atoms with Crippen LogP contribution in [0.4, 0.5) is 4.79 Å². The third-order valence-electron chi connectivity index (χ3n) is 6.57. The maximum Gasteiger partial charge on any atom is 0.408 e. The van der Waals surface area contributed by atoms with E-state index in [-0.39, 0.29) is 5.56 Å². The molecule has 0 unspecified atom stereocenters. The summed E-state index contributed by atoms with van der Waals surface area (Å²) in [6, 6.07) is 18.6. The van der Waals surface area contributed by atoms with Crippen LogP contribution in [0.15, 0.2) is 65.5 Å². The number of carbonyl (C=O) groups is 2. The van der Waals surface area contributed by atoms with Gasteiger partial charge in [-0.25, -0.2) is 4.79 Å². The van der Waals surface area contributed by atoms with Crippen LogP contribution in [0.2, 0.25) is 0 Å². The molecule has 0 radical (unpaired) electrons. The molecule has 0 atom stereocenters. The highest BCUT2D eigenvalue weighted by Crippen LogP contribution is 2.49. The first kappa shape index (κ1) is 23.3. The summed E-state index contributed by atoms with van der Waals surface area (Å²) in [7, 11) is 0. The molecule has 1 aromatic heterocycles. The number of aromatic nitrogens is 1. The summed E-state index contributed by atoms with van der Waals surface area (Å²) in [6.07, 6.45) is 1.54. The minimum atomic E-state index is -0.936. The van der Waals surface area contributed by atoms with E-state index in [0.717, 1.165) is 36.0 Å². The molecule has 3 aromatic rings. The number of H-pyrrole nitrogens is 1. The van der Waals surface area contributed by atoms with Gasteiger partial charge in [0, 0.05) is 11.1 Å². The zero-order chi connectivity index (χ0) is 24.7. The van der Waals surface area contributed by atoms with E-state index in [0.29, 0.717) is 11.3 Å². The molecule has 0 saturated heterocycles. The van der Waals surface area contributed by atoms with Crippen LogP contribution in [0.1, 0.15) is 56.0 Å². The number of rotatable bonds is 5. The number of benzene rings is 2. The molecule has 0 aliphatic heterocycles. The Morgan fingerprint density at radius 3 is 2.09 bits per heavy atom. The van der Waals surface area contributed by atoms with Gasteiger partial charge in [0.1, 0.15) is 5.56 Å². The highest BCUT2D eigenvalue weighted by atomic mass is 16.4. The molecule has 176 valence electrons. The number of hydrogen-bond acceptors (Lipinski definition) is 3. The molecule has 2 aromatic carbocycles. The molecule has 0 bridgehead atoms. The van der Waals surface area contributed by atoms with Crippen molar-refractivity contribution < 1.29 is 14.7 Å². The summed E-state index contributed by atoms with van der Waals surface area (Å²) < 4.78 is 0. The Morgan fingerprint density at radius 2 is 1.62 bits per heavy atom. The summed E-state index contributed by atoms with van der Waals surface area (Å²) in [5.74, 6) is -0.789. The van der Waals surface area contributed by atoms with Gasteiger partial charge in [-0.3, -0.25) is 14.5 Å². The minimum Gasteiger partial charge on any atom is -0.465 e. The zero-order valence-electron chi connectivity index (χ0n) is 19.6. The molecular formula is C27H29N3O4. The maximum absolute atomic E-state index is 12.6. The summed E-state index contributed by atoms with van der Waals surface area (Å²) in [6.45, 7) is 5.73. The van der Waals surface area contributed by atoms with Gasteiger partial charge in [-0.15, -0.1) is 0 Å². The van der Waals surface area contributed by atoms with Crippen molar-refractivity contribution in [3.05, 3.63) is 82.1 Å². The smallest absolute Gasteiger partial charge is 0.408 e. The number of carboxylic acid groups (broad SMARTS) is 1. The van der Waals surface area contributed by atoms with Crippen LogP contribution in [0, 0.1) is 0 Å². The highest BCUT2D eigenvalue weighted by molar-refractivity contribution is 5.95. The molecule has 4 N–H and O–H groups in total. The lowest BCUT2D eigenvalue weighted by molar-refractivity contribution is -0.0328. The largest absolute Gasteiger partial charge is 0.465 e. The third-order valence-corrected chi connectivity index (χ3v) is 6.57. The summed E-state index contributed by atoms with van der Waals surface area (Å²) in [4.78, 5) is 41.0. The summed E-state index contributed by atoms with van der Waals surface area (Å²) in [5.41, 5.74) is 7.40. The number of pyridine rings is 1. The molecule has 2 amide bonds. The second-order valence-electron chi connectivity index (χ2n) is 9.78. The highest BCUT2D eigenvalue weighted by Gasteiger charge is 2.50. The monoisotopic (exact) mass is 459 g/mol. The Kier molecular flexibility index (Phi) is 5.81.